The van der Waals surface area contributed by atoms with Gasteiger partial charge < -0.3 is 16.0 Å². The van der Waals surface area contributed by atoms with Crippen LogP contribution in [0, 0.1) is 0 Å². The minimum absolute atomic E-state index is 0.473. The summed E-state index contributed by atoms with van der Waals surface area (Å²) in [6.45, 7) is 6.31. The largest absolute Gasteiger partial charge is 0.370 e. The molecule has 5 heteroatoms. The number of fused-ring (bicyclic) bond motifs is 1. The van der Waals surface area contributed by atoms with Gasteiger partial charge in [-0.05, 0) is 80.2 Å². The molecule has 29 heavy (non-hydrogen) atoms. The van der Waals surface area contributed by atoms with Crippen LogP contribution in [0.1, 0.15) is 35.1 Å². The SMILES string of the molecule is CN1CCCN(Cc2ccc(CN=C(N)Nc3ccc4c(c3)CCC4)cc2)CC1. The summed E-state index contributed by atoms with van der Waals surface area (Å²) in [5.41, 5.74) is 12.6. The fraction of sp³-hybridized carbons (Fsp3) is 0.458. The van der Waals surface area contributed by atoms with Crippen molar-refractivity contribution in [2.45, 2.75) is 38.8 Å². The van der Waals surface area contributed by atoms with E-state index in [1.54, 1.807) is 0 Å². The number of nitrogens with one attached hydrogen (secondary N) is 1. The maximum absolute atomic E-state index is 6.11. The number of aryl methyl sites for hydroxylation is 2. The van der Waals surface area contributed by atoms with Crippen LogP contribution in [-0.2, 0) is 25.9 Å². The molecular weight excluding hydrogens is 358 g/mol. The molecule has 1 heterocycles. The average molecular weight is 392 g/mol. The smallest absolute Gasteiger partial charge is 0.193 e. The predicted molar refractivity (Wildman–Crippen MR) is 121 cm³/mol. The summed E-state index contributed by atoms with van der Waals surface area (Å²) >= 11 is 0. The third-order valence-electron chi connectivity index (χ3n) is 6.04. The van der Waals surface area contributed by atoms with Crippen molar-refractivity contribution in [3.8, 4) is 0 Å². The Bertz CT molecular complexity index is 843. The van der Waals surface area contributed by atoms with Gasteiger partial charge in [0.1, 0.15) is 0 Å². The van der Waals surface area contributed by atoms with Gasteiger partial charge in [0.15, 0.2) is 5.96 Å². The zero-order valence-electron chi connectivity index (χ0n) is 17.5. The highest BCUT2D eigenvalue weighted by Crippen LogP contribution is 2.24. The highest BCUT2D eigenvalue weighted by Gasteiger charge is 2.12. The molecule has 0 spiro atoms. The van der Waals surface area contributed by atoms with Crippen molar-refractivity contribution in [1.29, 1.82) is 0 Å². The molecule has 2 aromatic rings. The van der Waals surface area contributed by atoms with Gasteiger partial charge in [-0.2, -0.15) is 0 Å². The lowest BCUT2D eigenvalue weighted by atomic mass is 10.1. The molecule has 1 aliphatic heterocycles. The second-order valence-corrected chi connectivity index (χ2v) is 8.41. The molecule has 4 rings (SSSR count). The molecule has 3 N–H and O–H groups in total. The lowest BCUT2D eigenvalue weighted by Gasteiger charge is -2.20. The van der Waals surface area contributed by atoms with Gasteiger partial charge in [0.2, 0.25) is 0 Å². The first-order chi connectivity index (χ1) is 14.2. The van der Waals surface area contributed by atoms with Crippen molar-refractivity contribution in [3.63, 3.8) is 0 Å². The fourth-order valence-electron chi connectivity index (χ4n) is 4.28. The molecule has 0 unspecified atom stereocenters. The molecule has 0 bridgehead atoms. The molecule has 0 amide bonds. The molecule has 0 atom stereocenters. The molecule has 1 fully saturated rings. The van der Waals surface area contributed by atoms with Crippen molar-refractivity contribution in [1.82, 2.24) is 9.80 Å². The maximum Gasteiger partial charge on any atom is 0.193 e. The number of benzene rings is 2. The van der Waals surface area contributed by atoms with Gasteiger partial charge >= 0.3 is 0 Å². The summed E-state index contributed by atoms with van der Waals surface area (Å²) in [6.07, 6.45) is 4.87. The van der Waals surface area contributed by atoms with Crippen LogP contribution in [0.3, 0.4) is 0 Å². The number of anilines is 1. The van der Waals surface area contributed by atoms with Crippen LogP contribution in [0.4, 0.5) is 5.69 Å². The second-order valence-electron chi connectivity index (χ2n) is 8.41. The van der Waals surface area contributed by atoms with Crippen molar-refractivity contribution in [2.75, 3.05) is 38.5 Å². The van der Waals surface area contributed by atoms with Crippen molar-refractivity contribution in [3.05, 3.63) is 64.7 Å². The minimum Gasteiger partial charge on any atom is -0.370 e. The highest BCUT2D eigenvalue weighted by molar-refractivity contribution is 5.92. The third kappa shape index (κ3) is 5.58. The van der Waals surface area contributed by atoms with E-state index < -0.39 is 0 Å². The van der Waals surface area contributed by atoms with E-state index in [0.29, 0.717) is 12.5 Å². The van der Waals surface area contributed by atoms with Crippen LogP contribution in [0.2, 0.25) is 0 Å². The first kappa shape index (κ1) is 19.9. The van der Waals surface area contributed by atoms with Gasteiger partial charge in [-0.25, -0.2) is 4.99 Å². The van der Waals surface area contributed by atoms with E-state index in [9.17, 15) is 0 Å². The summed E-state index contributed by atoms with van der Waals surface area (Å²) in [6, 6.07) is 15.3. The predicted octanol–water partition coefficient (Wildman–Crippen LogP) is 3.24. The molecule has 2 aromatic carbocycles. The van der Waals surface area contributed by atoms with E-state index >= 15 is 0 Å². The summed E-state index contributed by atoms with van der Waals surface area (Å²) in [7, 11) is 2.21. The van der Waals surface area contributed by atoms with Crippen LogP contribution in [0.15, 0.2) is 47.5 Å². The zero-order valence-corrected chi connectivity index (χ0v) is 17.5. The van der Waals surface area contributed by atoms with Gasteiger partial charge in [-0.1, -0.05) is 30.3 Å². The van der Waals surface area contributed by atoms with Crippen molar-refractivity contribution in [2.24, 2.45) is 10.7 Å². The van der Waals surface area contributed by atoms with Crippen LogP contribution in [-0.4, -0.2) is 49.0 Å². The minimum atomic E-state index is 0.473. The van der Waals surface area contributed by atoms with Crippen LogP contribution in [0.5, 0.6) is 0 Å². The van der Waals surface area contributed by atoms with Crippen molar-refractivity contribution >= 4 is 11.6 Å². The van der Waals surface area contributed by atoms with Gasteiger partial charge in [0.25, 0.3) is 0 Å². The molecule has 0 saturated carbocycles. The molecule has 0 radical (unpaired) electrons. The number of likely N-dealkylation sites (N-methyl/N-ethyl adjacent to an activating group) is 1. The fourth-order valence-corrected chi connectivity index (χ4v) is 4.28. The Kier molecular flexibility index (Phi) is 6.47. The first-order valence-corrected chi connectivity index (χ1v) is 10.8. The van der Waals surface area contributed by atoms with Gasteiger partial charge in [-0.15, -0.1) is 0 Å². The van der Waals surface area contributed by atoms with Crippen LogP contribution in [0.25, 0.3) is 0 Å². The van der Waals surface area contributed by atoms with Crippen LogP contribution < -0.4 is 11.1 Å². The molecule has 2 aliphatic rings. The quantitative estimate of drug-likeness (QED) is 0.607. The van der Waals surface area contributed by atoms with E-state index in [-0.39, 0.29) is 0 Å². The summed E-state index contributed by atoms with van der Waals surface area (Å²) in [4.78, 5) is 9.49. The topological polar surface area (TPSA) is 56.9 Å². The lowest BCUT2D eigenvalue weighted by Crippen LogP contribution is -2.28. The van der Waals surface area contributed by atoms with Gasteiger partial charge in [0, 0.05) is 25.3 Å². The number of hydrogen-bond donors (Lipinski definition) is 2. The number of aliphatic imine (C=N–C) groups is 1. The number of rotatable bonds is 5. The molecule has 5 nitrogen and oxygen atoms in total. The average Bonchev–Trinajstić information content (AvgIpc) is 3.09. The van der Waals surface area contributed by atoms with Gasteiger partial charge in [0.05, 0.1) is 6.54 Å². The second kappa shape index (κ2) is 9.42. The number of nitrogens with zero attached hydrogens (tertiary/aromatic N) is 3. The zero-order chi connectivity index (χ0) is 20.1. The maximum atomic E-state index is 6.11. The Morgan fingerprint density at radius 1 is 0.931 bits per heavy atom. The summed E-state index contributed by atoms with van der Waals surface area (Å²) < 4.78 is 0. The Morgan fingerprint density at radius 3 is 2.59 bits per heavy atom. The van der Waals surface area contributed by atoms with E-state index in [1.165, 1.54) is 61.0 Å². The molecule has 1 aliphatic carbocycles. The Balaban J connectivity index is 1.29. The van der Waals surface area contributed by atoms with E-state index in [1.807, 2.05) is 0 Å². The number of nitrogens with two attached hydrogens (primary N) is 1. The number of hydrogen-bond acceptors (Lipinski definition) is 3. The van der Waals surface area contributed by atoms with Crippen LogP contribution >= 0.6 is 0 Å². The Morgan fingerprint density at radius 2 is 1.72 bits per heavy atom. The molecule has 0 aromatic heterocycles. The van der Waals surface area contributed by atoms with E-state index in [4.69, 9.17) is 5.73 Å². The Labute approximate surface area is 174 Å². The summed E-state index contributed by atoms with van der Waals surface area (Å²) in [5.74, 6) is 0.473. The molecule has 154 valence electrons. The normalized spacial score (nSPS) is 18.4. The monoisotopic (exact) mass is 391 g/mol. The standard InChI is InChI=1S/C24H33N5/c1-28-12-3-13-29(15-14-28)18-20-8-6-19(7-9-20)17-26-24(25)27-23-11-10-21-4-2-5-22(21)16-23/h6-11,16H,2-5,12-15,17-18H2,1H3,(H3,25,26,27). The third-order valence-corrected chi connectivity index (χ3v) is 6.04. The first-order valence-electron chi connectivity index (χ1n) is 10.8. The highest BCUT2D eigenvalue weighted by atomic mass is 15.2. The summed E-state index contributed by atoms with van der Waals surface area (Å²) in [5, 5.41) is 3.23. The van der Waals surface area contributed by atoms with Crippen molar-refractivity contribution < 1.29 is 0 Å². The van der Waals surface area contributed by atoms with E-state index in [0.717, 1.165) is 25.3 Å². The lowest BCUT2D eigenvalue weighted by molar-refractivity contribution is 0.269. The van der Waals surface area contributed by atoms with E-state index in [2.05, 4.69) is 69.6 Å². The number of guanidine groups is 1. The Hall–Kier alpha value is -2.37. The van der Waals surface area contributed by atoms with Gasteiger partial charge in [-0.3, -0.25) is 4.90 Å². The molecule has 1 saturated heterocycles. The molecular formula is C24H33N5.